The Morgan fingerprint density at radius 3 is 2.78 bits per heavy atom. The van der Waals surface area contributed by atoms with Gasteiger partial charge in [-0.2, -0.15) is 5.26 Å². The van der Waals surface area contributed by atoms with E-state index in [1.807, 2.05) is 0 Å². The molecule has 0 radical (unpaired) electrons. The molecule has 0 aliphatic carbocycles. The first-order chi connectivity index (χ1) is 8.43. The Morgan fingerprint density at radius 1 is 1.56 bits per heavy atom. The second-order valence-electron chi connectivity index (χ2n) is 4.96. The average Bonchev–Trinajstić information content (AvgIpc) is 2.37. The van der Waals surface area contributed by atoms with Crippen molar-refractivity contribution in [1.29, 1.82) is 5.26 Å². The van der Waals surface area contributed by atoms with Gasteiger partial charge in [-0.05, 0) is 18.9 Å². The monoisotopic (exact) mass is 263 g/mol. The van der Waals surface area contributed by atoms with Crippen molar-refractivity contribution in [2.45, 2.75) is 38.9 Å². The van der Waals surface area contributed by atoms with Gasteiger partial charge in [-0.3, -0.25) is 0 Å². The van der Waals surface area contributed by atoms with E-state index in [1.54, 1.807) is 11.6 Å². The van der Waals surface area contributed by atoms with Crippen molar-refractivity contribution in [3.05, 3.63) is 21.3 Å². The second kappa shape index (κ2) is 4.38. The molecule has 1 aromatic heterocycles. The van der Waals surface area contributed by atoms with Crippen molar-refractivity contribution < 1.29 is 4.74 Å². The van der Waals surface area contributed by atoms with Crippen LogP contribution in [0.2, 0.25) is 0 Å². The summed E-state index contributed by atoms with van der Waals surface area (Å²) < 4.78 is 8.24. The van der Waals surface area contributed by atoms with Crippen LogP contribution in [0, 0.1) is 16.0 Å². The number of fused-ring (bicyclic) bond motifs is 1. The third-order valence-electron chi connectivity index (χ3n) is 3.82. The maximum absolute atomic E-state index is 9.31. The van der Waals surface area contributed by atoms with E-state index in [1.165, 1.54) is 0 Å². The van der Waals surface area contributed by atoms with E-state index < -0.39 is 0 Å². The maximum Gasteiger partial charge on any atom is 0.122 e. The van der Waals surface area contributed by atoms with E-state index in [-0.39, 0.29) is 5.60 Å². The van der Waals surface area contributed by atoms with Crippen LogP contribution in [0.3, 0.4) is 0 Å². The van der Waals surface area contributed by atoms with Gasteiger partial charge in [0.1, 0.15) is 16.5 Å². The highest BCUT2D eigenvalue weighted by Crippen LogP contribution is 2.34. The smallest absolute Gasteiger partial charge is 0.122 e. The number of rotatable bonds is 1. The molecule has 0 saturated carbocycles. The number of nitriles is 1. The molecule has 0 fully saturated rings. The highest BCUT2D eigenvalue weighted by molar-refractivity contribution is 7.71. The number of anilines is 1. The molecule has 96 valence electrons. The number of nitrogens with zero attached hydrogens (tertiary/aromatic N) is 2. The van der Waals surface area contributed by atoms with Gasteiger partial charge < -0.3 is 15.0 Å². The maximum atomic E-state index is 9.31. The molecule has 1 aliphatic rings. The van der Waals surface area contributed by atoms with Crippen molar-refractivity contribution in [1.82, 2.24) is 4.57 Å². The molecule has 0 bridgehead atoms. The number of ether oxygens (including phenoxy) is 1. The lowest BCUT2D eigenvalue weighted by Crippen LogP contribution is -2.36. The Bertz CT molecular complexity index is 600. The van der Waals surface area contributed by atoms with Crippen LogP contribution in [0.1, 0.15) is 37.0 Å². The summed E-state index contributed by atoms with van der Waals surface area (Å²) in [6, 6.07) is 2.21. The van der Waals surface area contributed by atoms with E-state index in [9.17, 15) is 5.26 Å². The first-order valence-electron chi connectivity index (χ1n) is 5.97. The fraction of sp³-hybridized carbons (Fsp3) is 0.538. The quantitative estimate of drug-likeness (QED) is 0.790. The third kappa shape index (κ3) is 1.82. The largest absolute Gasteiger partial charge is 0.384 e. The average molecular weight is 263 g/mol. The Balaban J connectivity index is 2.71. The van der Waals surface area contributed by atoms with Crippen LogP contribution >= 0.6 is 12.2 Å². The molecule has 1 atom stereocenters. The minimum Gasteiger partial charge on any atom is -0.384 e. The summed E-state index contributed by atoms with van der Waals surface area (Å²) >= 11 is 5.38. The van der Waals surface area contributed by atoms with Crippen LogP contribution in [0.15, 0.2) is 0 Å². The highest BCUT2D eigenvalue weighted by Gasteiger charge is 2.32. The molecule has 2 heterocycles. The minimum atomic E-state index is -0.229. The predicted octanol–water partition coefficient (Wildman–Crippen LogP) is 2.45. The molecule has 0 aromatic carbocycles. The lowest BCUT2D eigenvalue weighted by molar-refractivity contribution is -0.0568. The van der Waals surface area contributed by atoms with E-state index in [0.717, 1.165) is 17.5 Å². The predicted molar refractivity (Wildman–Crippen MR) is 72.6 cm³/mol. The zero-order valence-corrected chi connectivity index (χ0v) is 11.7. The Kier molecular flexibility index (Phi) is 3.18. The molecule has 0 amide bonds. The summed E-state index contributed by atoms with van der Waals surface area (Å²) in [5, 5.41) is 9.31. The molecule has 2 N–H and O–H groups in total. The van der Waals surface area contributed by atoms with E-state index in [4.69, 9.17) is 22.7 Å². The Morgan fingerprint density at radius 2 is 2.22 bits per heavy atom. The van der Waals surface area contributed by atoms with Crippen LogP contribution in [0.5, 0.6) is 0 Å². The number of aromatic nitrogens is 1. The summed E-state index contributed by atoms with van der Waals surface area (Å²) in [5.74, 6) is 0.446. The molecule has 0 spiro atoms. The lowest BCUT2D eigenvalue weighted by Gasteiger charge is -2.35. The first-order valence-corrected chi connectivity index (χ1v) is 6.38. The molecule has 4 nitrogen and oxygen atoms in total. The molecular formula is C13H17N3OS. The molecule has 0 unspecified atom stereocenters. The van der Waals surface area contributed by atoms with Gasteiger partial charge >= 0.3 is 0 Å². The number of hydrogen-bond acceptors (Lipinski definition) is 4. The van der Waals surface area contributed by atoms with Crippen molar-refractivity contribution in [2.75, 3.05) is 5.73 Å². The van der Waals surface area contributed by atoms with Crippen LogP contribution in [-0.4, -0.2) is 10.2 Å². The molecule has 0 saturated heterocycles. The van der Waals surface area contributed by atoms with Crippen molar-refractivity contribution in [3.8, 4) is 6.07 Å². The van der Waals surface area contributed by atoms with E-state index >= 15 is 0 Å². The second-order valence-corrected chi connectivity index (χ2v) is 5.35. The Labute approximate surface area is 112 Å². The van der Waals surface area contributed by atoms with Crippen molar-refractivity contribution in [2.24, 2.45) is 7.05 Å². The number of hydrogen-bond donors (Lipinski definition) is 1. The van der Waals surface area contributed by atoms with Gasteiger partial charge in [0, 0.05) is 19.0 Å². The van der Waals surface area contributed by atoms with Gasteiger partial charge in [-0.25, -0.2) is 0 Å². The molecule has 1 aliphatic heterocycles. The van der Waals surface area contributed by atoms with Crippen LogP contribution in [0.25, 0.3) is 0 Å². The highest BCUT2D eigenvalue weighted by atomic mass is 32.1. The SMILES string of the molecule is CC[C@]1(C)Cc2c(C#N)c(N)n(C)c(=S)c2CO1. The van der Waals surface area contributed by atoms with Crippen LogP contribution in [0.4, 0.5) is 5.82 Å². The summed E-state index contributed by atoms with van der Waals surface area (Å²) in [5.41, 5.74) is 8.20. The normalized spacial score (nSPS) is 22.3. The molecule has 18 heavy (non-hydrogen) atoms. The van der Waals surface area contributed by atoms with Gasteiger partial charge in [0.2, 0.25) is 0 Å². The molecule has 5 heteroatoms. The van der Waals surface area contributed by atoms with E-state index in [2.05, 4.69) is 19.9 Å². The van der Waals surface area contributed by atoms with Crippen molar-refractivity contribution >= 4 is 18.0 Å². The Hall–Kier alpha value is -1.38. The molecule has 2 rings (SSSR count). The standard InChI is InChI=1S/C13H17N3OS/c1-4-13(2)5-8-9(6-14)11(15)16(3)12(18)10(8)7-17-13/h4-5,7,15H2,1-3H3/t13-/m1/s1. The van der Waals surface area contributed by atoms with E-state index in [0.29, 0.717) is 29.0 Å². The number of pyridine rings is 1. The zero-order chi connectivity index (χ0) is 13.5. The topological polar surface area (TPSA) is 64.0 Å². The number of nitrogens with two attached hydrogens (primary N) is 1. The first kappa shape index (κ1) is 13.1. The van der Waals surface area contributed by atoms with Gasteiger partial charge in [0.25, 0.3) is 0 Å². The molecular weight excluding hydrogens is 246 g/mol. The van der Waals surface area contributed by atoms with Crippen molar-refractivity contribution in [3.63, 3.8) is 0 Å². The van der Waals surface area contributed by atoms with Gasteiger partial charge in [-0.15, -0.1) is 0 Å². The van der Waals surface area contributed by atoms with Gasteiger partial charge in [0.05, 0.1) is 17.8 Å². The summed E-state index contributed by atoms with van der Waals surface area (Å²) in [6.07, 6.45) is 1.58. The van der Waals surface area contributed by atoms with Gasteiger partial charge in [-0.1, -0.05) is 19.1 Å². The summed E-state index contributed by atoms with van der Waals surface area (Å²) in [6.45, 7) is 4.60. The molecule has 1 aromatic rings. The fourth-order valence-corrected chi connectivity index (χ4v) is 2.56. The third-order valence-corrected chi connectivity index (χ3v) is 4.34. The van der Waals surface area contributed by atoms with Crippen LogP contribution < -0.4 is 5.73 Å². The van der Waals surface area contributed by atoms with Gasteiger partial charge in [0.15, 0.2) is 0 Å². The zero-order valence-electron chi connectivity index (χ0n) is 10.9. The fourth-order valence-electron chi connectivity index (χ4n) is 2.28. The number of nitrogen functional groups attached to an aromatic ring is 1. The summed E-state index contributed by atoms with van der Waals surface area (Å²) in [4.78, 5) is 0. The minimum absolute atomic E-state index is 0.229. The lowest BCUT2D eigenvalue weighted by atomic mass is 9.87. The summed E-state index contributed by atoms with van der Waals surface area (Å²) in [7, 11) is 1.78. The van der Waals surface area contributed by atoms with Crippen LogP contribution in [-0.2, 0) is 24.8 Å².